The van der Waals surface area contributed by atoms with E-state index in [1.165, 1.54) is 11.3 Å². The molecule has 4 nitrogen and oxygen atoms in total. The van der Waals surface area contributed by atoms with Crippen LogP contribution in [-0.2, 0) is 4.79 Å². The van der Waals surface area contributed by atoms with Crippen molar-refractivity contribution in [3.8, 4) is 17.0 Å². The molecule has 0 fully saturated rings. The molecule has 2 aromatic carbocycles. The Hall–Kier alpha value is -2.92. The van der Waals surface area contributed by atoms with Crippen LogP contribution in [0.3, 0.4) is 0 Å². The number of anilines is 1. The predicted molar refractivity (Wildman–Crippen MR) is 103 cm³/mol. The van der Waals surface area contributed by atoms with Crippen molar-refractivity contribution in [2.45, 2.75) is 6.92 Å². The molecule has 1 amide bonds. The number of benzene rings is 2. The lowest BCUT2D eigenvalue weighted by molar-refractivity contribution is -0.112. The smallest absolute Gasteiger partial charge is 0.253 e. The van der Waals surface area contributed by atoms with Gasteiger partial charge in [-0.15, -0.1) is 11.3 Å². The van der Waals surface area contributed by atoms with Crippen LogP contribution in [0, 0.1) is 0 Å². The molecule has 1 heterocycles. The first-order valence-electron chi connectivity index (χ1n) is 7.80. The van der Waals surface area contributed by atoms with E-state index in [1.807, 2.05) is 66.1 Å². The number of thiazole rings is 1. The zero-order valence-corrected chi connectivity index (χ0v) is 14.8. The molecule has 0 spiro atoms. The molecule has 0 aliphatic heterocycles. The van der Waals surface area contributed by atoms with E-state index in [1.54, 1.807) is 14.0 Å². The van der Waals surface area contributed by atoms with Crippen LogP contribution in [0.15, 0.2) is 65.6 Å². The molecule has 25 heavy (non-hydrogen) atoms. The number of carbonyl (C=O) groups excluding carboxylic acids is 1. The first kappa shape index (κ1) is 16.9. The third kappa shape index (κ3) is 4.33. The minimum Gasteiger partial charge on any atom is -0.497 e. The van der Waals surface area contributed by atoms with Gasteiger partial charge in [0.1, 0.15) is 5.75 Å². The molecule has 3 aromatic rings. The van der Waals surface area contributed by atoms with Crippen LogP contribution in [0.2, 0.25) is 0 Å². The van der Waals surface area contributed by atoms with E-state index >= 15 is 0 Å². The van der Waals surface area contributed by atoms with Gasteiger partial charge in [-0.3, -0.25) is 10.1 Å². The number of hydrogen-bond donors (Lipinski definition) is 1. The van der Waals surface area contributed by atoms with Crippen LogP contribution in [-0.4, -0.2) is 18.0 Å². The lowest BCUT2D eigenvalue weighted by Crippen LogP contribution is -2.12. The molecule has 1 aromatic heterocycles. The Morgan fingerprint density at radius 1 is 1.12 bits per heavy atom. The summed E-state index contributed by atoms with van der Waals surface area (Å²) in [4.78, 5) is 16.8. The van der Waals surface area contributed by atoms with Crippen LogP contribution >= 0.6 is 11.3 Å². The van der Waals surface area contributed by atoms with Crippen LogP contribution < -0.4 is 10.1 Å². The van der Waals surface area contributed by atoms with Crippen molar-refractivity contribution < 1.29 is 9.53 Å². The lowest BCUT2D eigenvalue weighted by Gasteiger charge is -2.02. The van der Waals surface area contributed by atoms with Gasteiger partial charge < -0.3 is 4.74 Å². The van der Waals surface area contributed by atoms with E-state index in [0.717, 1.165) is 22.6 Å². The van der Waals surface area contributed by atoms with E-state index in [4.69, 9.17) is 4.74 Å². The Morgan fingerprint density at radius 2 is 1.84 bits per heavy atom. The average Bonchev–Trinajstić information content (AvgIpc) is 3.11. The highest BCUT2D eigenvalue weighted by Gasteiger charge is 2.09. The molecule has 0 bridgehead atoms. The summed E-state index contributed by atoms with van der Waals surface area (Å²) in [5, 5.41) is 5.35. The summed E-state index contributed by atoms with van der Waals surface area (Å²) >= 11 is 1.40. The fourth-order valence-corrected chi connectivity index (χ4v) is 3.00. The number of nitrogens with zero attached hydrogens (tertiary/aromatic N) is 1. The van der Waals surface area contributed by atoms with Crippen molar-refractivity contribution in [3.05, 3.63) is 71.1 Å². The number of ether oxygens (including phenoxy) is 1. The van der Waals surface area contributed by atoms with Gasteiger partial charge in [0.2, 0.25) is 0 Å². The van der Waals surface area contributed by atoms with Gasteiger partial charge >= 0.3 is 0 Å². The Bertz CT molecular complexity index is 884. The minimum absolute atomic E-state index is 0.153. The van der Waals surface area contributed by atoms with Gasteiger partial charge in [0.05, 0.1) is 12.8 Å². The molecule has 3 rings (SSSR count). The molecule has 1 N–H and O–H groups in total. The Labute approximate surface area is 150 Å². The van der Waals surface area contributed by atoms with Crippen molar-refractivity contribution in [1.29, 1.82) is 0 Å². The zero-order valence-electron chi connectivity index (χ0n) is 14.0. The summed E-state index contributed by atoms with van der Waals surface area (Å²) in [7, 11) is 1.64. The van der Waals surface area contributed by atoms with Gasteiger partial charge in [0, 0.05) is 16.5 Å². The number of carbonyl (C=O) groups is 1. The van der Waals surface area contributed by atoms with E-state index in [-0.39, 0.29) is 5.91 Å². The van der Waals surface area contributed by atoms with Crippen LogP contribution in [0.4, 0.5) is 5.13 Å². The summed E-state index contributed by atoms with van der Waals surface area (Å²) in [6.45, 7) is 1.79. The summed E-state index contributed by atoms with van der Waals surface area (Å²) in [5.41, 5.74) is 3.43. The predicted octanol–water partition coefficient (Wildman–Crippen LogP) is 4.86. The van der Waals surface area contributed by atoms with Crippen LogP contribution in [0.25, 0.3) is 17.3 Å². The van der Waals surface area contributed by atoms with Gasteiger partial charge in [0.15, 0.2) is 5.13 Å². The summed E-state index contributed by atoms with van der Waals surface area (Å²) in [6, 6.07) is 17.4. The summed E-state index contributed by atoms with van der Waals surface area (Å²) in [5.74, 6) is 0.647. The second-order valence-corrected chi connectivity index (χ2v) is 6.32. The highest BCUT2D eigenvalue weighted by Crippen LogP contribution is 2.26. The van der Waals surface area contributed by atoms with E-state index in [2.05, 4.69) is 10.3 Å². The largest absolute Gasteiger partial charge is 0.497 e. The Kier molecular flexibility index (Phi) is 5.26. The SMILES string of the molecule is COc1ccc(-c2csc(NC(=O)/C(C)=C/c3ccccc3)n2)cc1. The topological polar surface area (TPSA) is 51.2 Å². The molecule has 0 atom stereocenters. The molecule has 5 heteroatoms. The quantitative estimate of drug-likeness (QED) is 0.669. The number of nitrogens with one attached hydrogen (secondary N) is 1. The van der Waals surface area contributed by atoms with Crippen molar-refractivity contribution in [2.75, 3.05) is 12.4 Å². The standard InChI is InChI=1S/C20H18N2O2S/c1-14(12-15-6-4-3-5-7-15)19(23)22-20-21-18(13-25-20)16-8-10-17(24-2)11-9-16/h3-13H,1-2H3,(H,21,22,23)/b14-12+. The minimum atomic E-state index is -0.153. The first-order valence-corrected chi connectivity index (χ1v) is 8.68. The molecule has 0 saturated carbocycles. The van der Waals surface area contributed by atoms with Crippen molar-refractivity contribution in [2.24, 2.45) is 0 Å². The van der Waals surface area contributed by atoms with Gasteiger partial charge in [-0.1, -0.05) is 30.3 Å². The second-order valence-electron chi connectivity index (χ2n) is 5.46. The highest BCUT2D eigenvalue weighted by atomic mass is 32.1. The molecule has 0 saturated heterocycles. The number of methoxy groups -OCH3 is 1. The fraction of sp³-hybridized carbons (Fsp3) is 0.100. The van der Waals surface area contributed by atoms with E-state index in [9.17, 15) is 4.79 Å². The van der Waals surface area contributed by atoms with E-state index < -0.39 is 0 Å². The number of hydrogen-bond acceptors (Lipinski definition) is 4. The van der Waals surface area contributed by atoms with Gasteiger partial charge in [-0.05, 0) is 42.8 Å². The summed E-state index contributed by atoms with van der Waals surface area (Å²) in [6.07, 6.45) is 1.85. The van der Waals surface area contributed by atoms with Crippen LogP contribution in [0.5, 0.6) is 5.75 Å². The van der Waals surface area contributed by atoms with Crippen molar-refractivity contribution in [3.63, 3.8) is 0 Å². The lowest BCUT2D eigenvalue weighted by atomic mass is 10.1. The zero-order chi connectivity index (χ0) is 17.6. The molecule has 126 valence electrons. The number of rotatable bonds is 5. The number of aromatic nitrogens is 1. The van der Waals surface area contributed by atoms with Crippen molar-refractivity contribution >= 4 is 28.5 Å². The molecule has 0 aliphatic carbocycles. The molecular weight excluding hydrogens is 332 g/mol. The van der Waals surface area contributed by atoms with Gasteiger partial charge in [-0.25, -0.2) is 4.98 Å². The average molecular weight is 350 g/mol. The molecule has 0 aliphatic rings. The maximum Gasteiger partial charge on any atom is 0.253 e. The first-order chi connectivity index (χ1) is 12.2. The highest BCUT2D eigenvalue weighted by molar-refractivity contribution is 7.14. The third-order valence-corrected chi connectivity index (χ3v) is 4.41. The monoisotopic (exact) mass is 350 g/mol. The van der Waals surface area contributed by atoms with Crippen LogP contribution in [0.1, 0.15) is 12.5 Å². The van der Waals surface area contributed by atoms with Gasteiger partial charge in [0.25, 0.3) is 5.91 Å². The molecule has 0 radical (unpaired) electrons. The molecule has 0 unspecified atom stereocenters. The number of amides is 1. The molecular formula is C20H18N2O2S. The second kappa shape index (κ2) is 7.77. The normalized spacial score (nSPS) is 11.2. The fourth-order valence-electron chi connectivity index (χ4n) is 2.29. The van der Waals surface area contributed by atoms with Gasteiger partial charge in [-0.2, -0.15) is 0 Å². The Balaban J connectivity index is 1.70. The van der Waals surface area contributed by atoms with E-state index in [0.29, 0.717) is 10.7 Å². The Morgan fingerprint density at radius 3 is 2.52 bits per heavy atom. The maximum absolute atomic E-state index is 12.3. The third-order valence-electron chi connectivity index (χ3n) is 3.65. The maximum atomic E-state index is 12.3. The summed E-state index contributed by atoms with van der Waals surface area (Å²) < 4.78 is 5.16. The van der Waals surface area contributed by atoms with Crippen molar-refractivity contribution in [1.82, 2.24) is 4.98 Å².